The Morgan fingerprint density at radius 2 is 1.66 bits per heavy atom. The summed E-state index contributed by atoms with van der Waals surface area (Å²) in [6.45, 7) is 3.40. The van der Waals surface area contributed by atoms with Gasteiger partial charge in [-0.2, -0.15) is 0 Å². The first kappa shape index (κ1) is 21.0. The summed E-state index contributed by atoms with van der Waals surface area (Å²) in [6.07, 6.45) is -0.120. The third-order valence-electron chi connectivity index (χ3n) is 4.75. The second-order valence-corrected chi connectivity index (χ2v) is 7.42. The second-order valence-electron chi connectivity index (χ2n) is 6.51. The van der Waals surface area contributed by atoms with Crippen LogP contribution in [0.5, 0.6) is 5.75 Å². The number of halogens is 1. The first-order valence-electron chi connectivity index (χ1n) is 9.35. The molecule has 0 radical (unpaired) electrons. The molecule has 29 heavy (non-hydrogen) atoms. The number of rotatable bonds is 7. The molecule has 1 aliphatic heterocycles. The molecule has 1 unspecified atom stereocenters. The van der Waals surface area contributed by atoms with E-state index in [0.29, 0.717) is 16.9 Å². The number of para-hydroxylation sites is 1. The SMILES string of the molecule is CCOC(=O)C1(C(=O)OCC)Oc2ccccc2C1CC(=O)c1cccc(Br)c1. The van der Waals surface area contributed by atoms with E-state index in [4.69, 9.17) is 14.2 Å². The summed E-state index contributed by atoms with van der Waals surface area (Å²) in [4.78, 5) is 39.0. The van der Waals surface area contributed by atoms with Gasteiger partial charge in [-0.1, -0.05) is 46.3 Å². The molecule has 1 heterocycles. The van der Waals surface area contributed by atoms with Crippen LogP contribution in [0.2, 0.25) is 0 Å². The maximum absolute atomic E-state index is 13.0. The third-order valence-corrected chi connectivity index (χ3v) is 5.24. The molecule has 1 aliphatic rings. The van der Waals surface area contributed by atoms with E-state index >= 15 is 0 Å². The van der Waals surface area contributed by atoms with Crippen molar-refractivity contribution in [3.63, 3.8) is 0 Å². The highest BCUT2D eigenvalue weighted by Gasteiger charge is 2.63. The molecule has 7 heteroatoms. The molecule has 0 saturated heterocycles. The quantitative estimate of drug-likeness (QED) is 0.352. The number of fused-ring (bicyclic) bond motifs is 1. The smallest absolute Gasteiger partial charge is 0.363 e. The molecule has 3 rings (SSSR count). The van der Waals surface area contributed by atoms with Gasteiger partial charge in [0, 0.05) is 22.0 Å². The van der Waals surface area contributed by atoms with Crippen molar-refractivity contribution < 1.29 is 28.6 Å². The maximum Gasteiger partial charge on any atom is 0.363 e. The number of benzene rings is 2. The van der Waals surface area contributed by atoms with Gasteiger partial charge < -0.3 is 14.2 Å². The molecule has 0 spiro atoms. The lowest BCUT2D eigenvalue weighted by Gasteiger charge is -2.29. The van der Waals surface area contributed by atoms with E-state index in [9.17, 15) is 14.4 Å². The molecular weight excluding hydrogens is 440 g/mol. The Balaban J connectivity index is 2.07. The van der Waals surface area contributed by atoms with E-state index in [1.54, 1.807) is 56.3 Å². The fourth-order valence-corrected chi connectivity index (χ4v) is 3.87. The normalized spacial score (nSPS) is 16.4. The van der Waals surface area contributed by atoms with Crippen molar-refractivity contribution in [2.24, 2.45) is 0 Å². The Bertz CT molecular complexity index is 920. The second kappa shape index (κ2) is 8.78. The molecule has 2 aromatic rings. The van der Waals surface area contributed by atoms with Crippen LogP contribution in [-0.4, -0.2) is 36.5 Å². The third kappa shape index (κ3) is 3.92. The van der Waals surface area contributed by atoms with E-state index in [1.807, 2.05) is 6.07 Å². The Labute approximate surface area is 177 Å². The Hall–Kier alpha value is -2.67. The van der Waals surface area contributed by atoms with Crippen LogP contribution >= 0.6 is 15.9 Å². The summed E-state index contributed by atoms with van der Waals surface area (Å²) in [5.41, 5.74) is -1.00. The lowest BCUT2D eigenvalue weighted by Crippen LogP contribution is -2.55. The summed E-state index contributed by atoms with van der Waals surface area (Å²) < 4.78 is 17.0. The van der Waals surface area contributed by atoms with E-state index in [2.05, 4.69) is 15.9 Å². The van der Waals surface area contributed by atoms with Gasteiger partial charge in [0.15, 0.2) is 5.78 Å². The van der Waals surface area contributed by atoms with Gasteiger partial charge in [0.2, 0.25) is 0 Å². The molecule has 0 aromatic heterocycles. The molecule has 0 N–H and O–H groups in total. The van der Waals surface area contributed by atoms with Crippen LogP contribution in [-0.2, 0) is 19.1 Å². The largest absolute Gasteiger partial charge is 0.463 e. The Morgan fingerprint density at radius 1 is 1.00 bits per heavy atom. The van der Waals surface area contributed by atoms with Crippen molar-refractivity contribution in [1.82, 2.24) is 0 Å². The summed E-state index contributed by atoms with van der Waals surface area (Å²) in [6, 6.07) is 13.8. The first-order chi connectivity index (χ1) is 13.9. The zero-order valence-electron chi connectivity index (χ0n) is 16.1. The summed E-state index contributed by atoms with van der Waals surface area (Å²) in [7, 11) is 0. The van der Waals surface area contributed by atoms with Crippen LogP contribution in [0.25, 0.3) is 0 Å². The molecule has 0 amide bonds. The number of carbonyl (C=O) groups excluding carboxylic acids is 3. The Kier molecular flexibility index (Phi) is 6.37. The van der Waals surface area contributed by atoms with Gasteiger partial charge in [-0.3, -0.25) is 4.79 Å². The number of ether oxygens (including phenoxy) is 3. The van der Waals surface area contributed by atoms with Crippen LogP contribution in [0.15, 0.2) is 53.0 Å². The topological polar surface area (TPSA) is 78.9 Å². The van der Waals surface area contributed by atoms with Gasteiger partial charge in [-0.05, 0) is 32.0 Å². The molecule has 6 nitrogen and oxygen atoms in total. The van der Waals surface area contributed by atoms with Gasteiger partial charge in [0.05, 0.1) is 19.1 Å². The van der Waals surface area contributed by atoms with Crippen LogP contribution in [0.4, 0.5) is 0 Å². The lowest BCUT2D eigenvalue weighted by molar-refractivity contribution is -0.180. The number of carbonyl (C=O) groups is 3. The highest BCUT2D eigenvalue weighted by atomic mass is 79.9. The molecule has 0 bridgehead atoms. The standard InChI is InChI=1S/C22H21BrO6/c1-3-27-20(25)22(21(26)28-4-2)17(16-10-5-6-11-19(16)29-22)13-18(24)14-8-7-9-15(23)12-14/h5-12,17H,3-4,13H2,1-2H3. The number of hydrogen-bond donors (Lipinski definition) is 0. The number of Topliss-reactive ketones (excluding diaryl/α,β-unsaturated/α-hetero) is 1. The minimum Gasteiger partial charge on any atom is -0.463 e. The van der Waals surface area contributed by atoms with E-state index in [-0.39, 0.29) is 25.4 Å². The van der Waals surface area contributed by atoms with Gasteiger partial charge in [0.1, 0.15) is 5.75 Å². The van der Waals surface area contributed by atoms with Crippen LogP contribution in [0, 0.1) is 0 Å². The van der Waals surface area contributed by atoms with E-state index in [1.165, 1.54) is 0 Å². The fraction of sp³-hybridized carbons (Fsp3) is 0.318. The fourth-order valence-electron chi connectivity index (χ4n) is 3.47. The zero-order chi connectivity index (χ0) is 21.0. The summed E-state index contributed by atoms with van der Waals surface area (Å²) in [5.74, 6) is -2.46. The molecule has 2 aromatic carbocycles. The van der Waals surface area contributed by atoms with Gasteiger partial charge in [-0.25, -0.2) is 9.59 Å². The highest BCUT2D eigenvalue weighted by molar-refractivity contribution is 9.10. The van der Waals surface area contributed by atoms with E-state index < -0.39 is 23.5 Å². The zero-order valence-corrected chi connectivity index (χ0v) is 17.7. The van der Waals surface area contributed by atoms with Crippen molar-refractivity contribution in [3.05, 3.63) is 64.1 Å². The van der Waals surface area contributed by atoms with Gasteiger partial charge in [-0.15, -0.1) is 0 Å². The highest BCUT2D eigenvalue weighted by Crippen LogP contribution is 2.48. The summed E-state index contributed by atoms with van der Waals surface area (Å²) in [5, 5.41) is 0. The monoisotopic (exact) mass is 460 g/mol. The van der Waals surface area contributed by atoms with Crippen molar-refractivity contribution in [2.75, 3.05) is 13.2 Å². The lowest BCUT2D eigenvalue weighted by atomic mass is 9.79. The predicted molar refractivity (Wildman–Crippen MR) is 109 cm³/mol. The van der Waals surface area contributed by atoms with Crippen molar-refractivity contribution >= 4 is 33.7 Å². The van der Waals surface area contributed by atoms with E-state index in [0.717, 1.165) is 4.47 Å². The predicted octanol–water partition coefficient (Wildman–Crippen LogP) is 4.06. The number of esters is 2. The molecule has 152 valence electrons. The molecule has 0 fully saturated rings. The van der Waals surface area contributed by atoms with Gasteiger partial charge >= 0.3 is 17.5 Å². The van der Waals surface area contributed by atoms with Crippen molar-refractivity contribution in [1.29, 1.82) is 0 Å². The maximum atomic E-state index is 13.0. The van der Waals surface area contributed by atoms with Crippen LogP contribution < -0.4 is 4.74 Å². The molecule has 0 aliphatic carbocycles. The summed E-state index contributed by atoms with van der Waals surface area (Å²) >= 11 is 3.35. The molecule has 1 atom stereocenters. The van der Waals surface area contributed by atoms with Crippen molar-refractivity contribution in [2.45, 2.75) is 31.8 Å². The minimum absolute atomic E-state index is 0.0615. The average Bonchev–Trinajstić information content (AvgIpc) is 3.04. The van der Waals surface area contributed by atoms with Crippen LogP contribution in [0.3, 0.4) is 0 Å². The number of hydrogen-bond acceptors (Lipinski definition) is 6. The Morgan fingerprint density at radius 3 is 2.28 bits per heavy atom. The molecule has 0 saturated carbocycles. The molecular formula is C22H21BrO6. The minimum atomic E-state index is -2.06. The average molecular weight is 461 g/mol. The number of ketones is 1. The first-order valence-corrected chi connectivity index (χ1v) is 10.1. The van der Waals surface area contributed by atoms with Crippen molar-refractivity contribution in [3.8, 4) is 5.75 Å². The van der Waals surface area contributed by atoms with Gasteiger partial charge in [0.25, 0.3) is 0 Å². The van der Waals surface area contributed by atoms with Crippen LogP contribution in [0.1, 0.15) is 42.1 Å².